The van der Waals surface area contributed by atoms with Crippen LogP contribution in [-0.2, 0) is 31.1 Å². The highest BCUT2D eigenvalue weighted by Gasteiger charge is 2.43. The lowest BCUT2D eigenvalue weighted by atomic mass is 9.81. The van der Waals surface area contributed by atoms with E-state index >= 15 is 0 Å². The van der Waals surface area contributed by atoms with Gasteiger partial charge in [0, 0.05) is 45.5 Å². The minimum atomic E-state index is -4.37. The molecule has 0 bridgehead atoms. The van der Waals surface area contributed by atoms with Crippen molar-refractivity contribution in [2.75, 3.05) is 24.2 Å². The second-order valence-corrected chi connectivity index (χ2v) is 16.2. The molecule has 0 amide bonds. The quantitative estimate of drug-likeness (QED) is 0.150. The van der Waals surface area contributed by atoms with Crippen molar-refractivity contribution in [3.8, 4) is 0 Å². The second kappa shape index (κ2) is 11.4. The normalized spacial score (nSPS) is 19.0. The van der Waals surface area contributed by atoms with Crippen LogP contribution in [0.2, 0.25) is 0 Å². The second-order valence-electron chi connectivity index (χ2n) is 12.3. The van der Waals surface area contributed by atoms with Crippen molar-refractivity contribution in [1.29, 1.82) is 0 Å². The molecule has 2 heterocycles. The van der Waals surface area contributed by atoms with Crippen LogP contribution in [0.3, 0.4) is 0 Å². The van der Waals surface area contributed by atoms with E-state index in [-0.39, 0.29) is 22.5 Å². The molecule has 232 valence electrons. The van der Waals surface area contributed by atoms with E-state index in [2.05, 4.69) is 84.4 Å². The largest absolute Gasteiger partial charge is 0.344 e. The predicted molar refractivity (Wildman–Crippen MR) is 180 cm³/mol. The summed E-state index contributed by atoms with van der Waals surface area (Å²) >= 11 is 3.71. The molecular weight excluding hydrogens is 664 g/mol. The van der Waals surface area contributed by atoms with Crippen LogP contribution in [0, 0.1) is 0 Å². The average Bonchev–Trinajstić information content (AvgIpc) is 3.27. The zero-order chi connectivity index (χ0) is 32.2. The van der Waals surface area contributed by atoms with Gasteiger partial charge in [-0.05, 0) is 73.0 Å². The molecule has 2 N–H and O–H groups in total. The van der Waals surface area contributed by atoms with Crippen molar-refractivity contribution in [3.05, 3.63) is 100 Å². The van der Waals surface area contributed by atoms with E-state index < -0.39 is 25.7 Å². The average molecular weight is 701 g/mol. The fraction of sp³-hybridized carbons (Fsp3) is 0.303. The fourth-order valence-corrected chi connectivity index (χ4v) is 7.83. The smallest absolute Gasteiger partial charge is 0.294 e. The van der Waals surface area contributed by atoms with Gasteiger partial charge in [0.1, 0.15) is 7.05 Å². The maximum atomic E-state index is 11.8. The van der Waals surface area contributed by atoms with Crippen LogP contribution in [0.25, 0.3) is 10.8 Å². The van der Waals surface area contributed by atoms with E-state index in [1.54, 1.807) is 12.1 Å². The number of allylic oxidation sites excluding steroid dienone is 6. The Morgan fingerprint density at radius 1 is 0.977 bits per heavy atom. The number of fused-ring (bicyclic) bond motifs is 4. The van der Waals surface area contributed by atoms with Gasteiger partial charge in [0.15, 0.2) is 5.71 Å². The summed E-state index contributed by atoms with van der Waals surface area (Å²) in [5, 5.41) is 1.49. The van der Waals surface area contributed by atoms with Gasteiger partial charge in [0.25, 0.3) is 20.2 Å². The molecule has 0 atom stereocenters. The van der Waals surface area contributed by atoms with Crippen molar-refractivity contribution in [2.45, 2.75) is 49.8 Å². The number of hydrogen-bond donors (Lipinski definition) is 2. The van der Waals surface area contributed by atoms with Gasteiger partial charge in [0.05, 0.1) is 16.1 Å². The summed E-state index contributed by atoms with van der Waals surface area (Å²) in [4.78, 5) is 1.87. The van der Waals surface area contributed by atoms with Gasteiger partial charge in [-0.1, -0.05) is 60.1 Å². The molecule has 0 unspecified atom stereocenters. The number of rotatable bonds is 8. The van der Waals surface area contributed by atoms with Gasteiger partial charge in [-0.15, -0.1) is 0 Å². The van der Waals surface area contributed by atoms with E-state index in [1.807, 2.05) is 30.4 Å². The van der Waals surface area contributed by atoms with Crippen LogP contribution in [0.4, 0.5) is 11.4 Å². The molecule has 0 aromatic heterocycles. The highest BCUT2D eigenvalue weighted by molar-refractivity contribution is 9.11. The zero-order valence-corrected chi connectivity index (χ0v) is 28.5. The van der Waals surface area contributed by atoms with Crippen LogP contribution in [0.1, 0.15) is 45.2 Å². The Morgan fingerprint density at radius 2 is 1.68 bits per heavy atom. The number of nitrogens with zero attached hydrogens (tertiary/aromatic N) is 2. The Hall–Kier alpha value is -3.09. The van der Waals surface area contributed by atoms with Crippen molar-refractivity contribution in [3.63, 3.8) is 0 Å². The van der Waals surface area contributed by atoms with E-state index in [0.717, 1.165) is 32.5 Å². The Morgan fingerprint density at radius 3 is 2.34 bits per heavy atom. The van der Waals surface area contributed by atoms with E-state index in [9.17, 15) is 25.9 Å². The Kier molecular flexibility index (Phi) is 8.35. The first-order valence-electron chi connectivity index (χ1n) is 14.2. The Balaban J connectivity index is 1.55. The van der Waals surface area contributed by atoms with E-state index in [0.29, 0.717) is 11.9 Å². The van der Waals surface area contributed by atoms with Crippen LogP contribution in [0.5, 0.6) is 0 Å². The van der Waals surface area contributed by atoms with Crippen LogP contribution in [0.15, 0.2) is 94.0 Å². The standard InChI is InChI=1S/C33H35BrN2O6S2/c1-32(2)26-9-6-7-10-27(26)35(5)29(32)17-12-23(34)13-18-30-33(3,4)31-25-15-14-24(44(40,41)42)21-22(25)11-16-28(31)36(30)19-8-20-43(37,38)39/h6-7,9-18,21H,8,19-20H2,1-5H3,(H-,37,38,39,40,41,42)/p+1. The third-order valence-electron chi connectivity index (χ3n) is 8.64. The summed E-state index contributed by atoms with van der Waals surface area (Å²) in [6.07, 6.45) is 8.29. The number of benzene rings is 3. The maximum absolute atomic E-state index is 11.8. The first-order chi connectivity index (χ1) is 20.4. The Labute approximate surface area is 267 Å². The van der Waals surface area contributed by atoms with E-state index in [4.69, 9.17) is 0 Å². The van der Waals surface area contributed by atoms with Crippen molar-refractivity contribution >= 4 is 64.0 Å². The molecule has 0 saturated heterocycles. The van der Waals surface area contributed by atoms with Crippen molar-refractivity contribution < 1.29 is 30.5 Å². The molecule has 44 heavy (non-hydrogen) atoms. The molecule has 3 aromatic carbocycles. The summed E-state index contributed by atoms with van der Waals surface area (Å²) < 4.78 is 68.6. The molecule has 2 aliphatic rings. The number of anilines is 1. The number of hydrogen-bond acceptors (Lipinski definition) is 5. The van der Waals surface area contributed by atoms with Gasteiger partial charge in [-0.3, -0.25) is 9.11 Å². The molecule has 0 spiro atoms. The molecule has 0 radical (unpaired) electrons. The van der Waals surface area contributed by atoms with Crippen LogP contribution < -0.4 is 4.90 Å². The lowest BCUT2D eigenvalue weighted by Gasteiger charge is -2.27. The minimum absolute atomic E-state index is 0.164. The maximum Gasteiger partial charge on any atom is 0.294 e. The molecule has 2 aliphatic heterocycles. The van der Waals surface area contributed by atoms with Gasteiger partial charge in [0.2, 0.25) is 5.69 Å². The Bertz CT molecular complexity index is 2020. The predicted octanol–water partition coefficient (Wildman–Crippen LogP) is 6.89. The monoisotopic (exact) mass is 699 g/mol. The highest BCUT2D eigenvalue weighted by atomic mass is 79.9. The molecule has 5 rings (SSSR count). The highest BCUT2D eigenvalue weighted by Crippen LogP contribution is 2.51. The molecule has 11 heteroatoms. The topological polar surface area (TPSA) is 115 Å². The number of halogens is 1. The first kappa shape index (κ1) is 32.3. The van der Waals surface area contributed by atoms with Crippen molar-refractivity contribution in [1.82, 2.24) is 0 Å². The molecule has 0 saturated carbocycles. The third kappa shape index (κ3) is 5.95. The molecule has 0 fully saturated rings. The van der Waals surface area contributed by atoms with Crippen LogP contribution in [-0.4, -0.2) is 55.6 Å². The minimum Gasteiger partial charge on any atom is -0.344 e. The van der Waals surface area contributed by atoms with Gasteiger partial charge >= 0.3 is 0 Å². The summed E-state index contributed by atoms with van der Waals surface area (Å²) in [6.45, 7) is 8.89. The summed E-state index contributed by atoms with van der Waals surface area (Å²) in [6, 6.07) is 16.6. The lowest BCUT2D eigenvalue weighted by molar-refractivity contribution is -0.401. The summed E-state index contributed by atoms with van der Waals surface area (Å²) in [5.41, 5.74) is 5.63. The third-order valence-corrected chi connectivity index (χ3v) is 10.8. The molecular formula is C33H36BrN2O6S2+. The zero-order valence-electron chi connectivity index (χ0n) is 25.2. The fourth-order valence-electron chi connectivity index (χ4n) is 6.55. The summed E-state index contributed by atoms with van der Waals surface area (Å²) in [5.74, 6) is -0.371. The van der Waals surface area contributed by atoms with Gasteiger partial charge in [-0.25, -0.2) is 0 Å². The lowest BCUT2D eigenvalue weighted by Crippen LogP contribution is -2.28. The molecule has 8 nitrogen and oxygen atoms in total. The number of para-hydroxylation sites is 1. The van der Waals surface area contributed by atoms with Crippen LogP contribution >= 0.6 is 15.9 Å². The van der Waals surface area contributed by atoms with Gasteiger partial charge in [-0.2, -0.15) is 21.4 Å². The SMILES string of the molecule is C[N+]1=C(C=CC(Br)=CC=C2N(CCCS(=O)(=O)O)c3ccc4cc(S(=O)(=O)O)ccc4c3C2(C)C)C(C)(C)c2ccccc21. The first-order valence-corrected chi connectivity index (χ1v) is 18.0. The summed E-state index contributed by atoms with van der Waals surface area (Å²) in [7, 11) is -6.43. The molecule has 3 aromatic rings. The van der Waals surface area contributed by atoms with E-state index in [1.165, 1.54) is 23.4 Å². The van der Waals surface area contributed by atoms with Gasteiger partial charge < -0.3 is 4.90 Å². The van der Waals surface area contributed by atoms with Crippen molar-refractivity contribution in [2.24, 2.45) is 0 Å². The molecule has 0 aliphatic carbocycles.